The fourth-order valence-electron chi connectivity index (χ4n) is 4.26. The van der Waals surface area contributed by atoms with Gasteiger partial charge in [0.05, 0.1) is 12.3 Å². The Kier molecular flexibility index (Phi) is 7.64. The standard InChI is InChI=1S/C28H27F4NO2S/c1-4-22-23(8-10-25(26(22)29)36-16-28(30,31)32)27(34)33-11-12-35-24-9-7-20(14-21(24)15-33)19-6-5-17(2)18(3)13-19/h5-10,13-14H,4,11-12,15-16H2,1-3H3. The number of ether oxygens (including phenoxy) is 1. The van der Waals surface area contributed by atoms with E-state index in [1.54, 1.807) is 11.8 Å². The van der Waals surface area contributed by atoms with Crippen molar-refractivity contribution in [1.82, 2.24) is 4.90 Å². The van der Waals surface area contributed by atoms with Crippen LogP contribution >= 0.6 is 11.8 Å². The number of aryl methyl sites for hydroxylation is 2. The van der Waals surface area contributed by atoms with Gasteiger partial charge in [-0.25, -0.2) is 4.39 Å². The molecular formula is C28H27F4NO2S. The molecule has 36 heavy (non-hydrogen) atoms. The van der Waals surface area contributed by atoms with Gasteiger partial charge in [0.15, 0.2) is 0 Å². The van der Waals surface area contributed by atoms with Crippen LogP contribution in [0.1, 0.15) is 39.5 Å². The largest absolute Gasteiger partial charge is 0.491 e. The Morgan fingerprint density at radius 2 is 1.75 bits per heavy atom. The average molecular weight is 518 g/mol. The van der Waals surface area contributed by atoms with E-state index in [9.17, 15) is 18.0 Å². The summed E-state index contributed by atoms with van der Waals surface area (Å²) >= 11 is 0.390. The van der Waals surface area contributed by atoms with Crippen LogP contribution in [0.5, 0.6) is 5.75 Å². The maximum Gasteiger partial charge on any atom is 0.398 e. The lowest BCUT2D eigenvalue weighted by molar-refractivity contribution is -0.105. The van der Waals surface area contributed by atoms with Crippen LogP contribution in [0, 0.1) is 19.7 Å². The van der Waals surface area contributed by atoms with Gasteiger partial charge in [0.2, 0.25) is 0 Å². The quantitative estimate of drug-likeness (QED) is 0.262. The van der Waals surface area contributed by atoms with Crippen molar-refractivity contribution in [2.24, 2.45) is 0 Å². The molecule has 0 radical (unpaired) electrons. The smallest absolute Gasteiger partial charge is 0.398 e. The molecule has 0 N–H and O–H groups in total. The molecule has 0 spiro atoms. The number of hydrogen-bond donors (Lipinski definition) is 0. The molecule has 1 aliphatic rings. The van der Waals surface area contributed by atoms with Crippen molar-refractivity contribution in [2.45, 2.75) is 44.8 Å². The van der Waals surface area contributed by atoms with Crippen molar-refractivity contribution < 1.29 is 27.1 Å². The minimum atomic E-state index is -4.41. The third-order valence-corrected chi connectivity index (χ3v) is 7.45. The molecule has 0 saturated heterocycles. The number of rotatable bonds is 5. The molecule has 3 aromatic carbocycles. The molecule has 8 heteroatoms. The molecule has 3 nitrogen and oxygen atoms in total. The van der Waals surface area contributed by atoms with Crippen LogP contribution < -0.4 is 4.74 Å². The zero-order valence-electron chi connectivity index (χ0n) is 20.3. The monoisotopic (exact) mass is 517 g/mol. The average Bonchev–Trinajstić information content (AvgIpc) is 3.05. The molecule has 190 valence electrons. The van der Waals surface area contributed by atoms with E-state index >= 15 is 4.39 Å². The molecule has 3 aromatic rings. The summed E-state index contributed by atoms with van der Waals surface area (Å²) in [5.41, 5.74) is 5.58. The van der Waals surface area contributed by atoms with Crippen LogP contribution in [0.3, 0.4) is 0 Å². The summed E-state index contributed by atoms with van der Waals surface area (Å²) in [6.07, 6.45) is -4.22. The van der Waals surface area contributed by atoms with Gasteiger partial charge in [0.25, 0.3) is 5.91 Å². The Morgan fingerprint density at radius 3 is 2.44 bits per heavy atom. The highest BCUT2D eigenvalue weighted by molar-refractivity contribution is 7.99. The molecule has 4 rings (SSSR count). The summed E-state index contributed by atoms with van der Waals surface area (Å²) < 4.78 is 58.8. The lowest BCUT2D eigenvalue weighted by Crippen LogP contribution is -2.33. The van der Waals surface area contributed by atoms with Gasteiger partial charge in [-0.2, -0.15) is 13.2 Å². The van der Waals surface area contributed by atoms with Crippen LogP contribution in [-0.2, 0) is 13.0 Å². The summed E-state index contributed by atoms with van der Waals surface area (Å²) in [6, 6.07) is 14.8. The third-order valence-electron chi connectivity index (χ3n) is 6.35. The molecule has 0 saturated carbocycles. The van der Waals surface area contributed by atoms with E-state index in [-0.39, 0.29) is 41.5 Å². The fraction of sp³-hybridized carbons (Fsp3) is 0.321. The van der Waals surface area contributed by atoms with Gasteiger partial charge in [-0.3, -0.25) is 4.79 Å². The Hall–Kier alpha value is -3.00. The number of carbonyl (C=O) groups is 1. The summed E-state index contributed by atoms with van der Waals surface area (Å²) in [4.78, 5) is 15.0. The van der Waals surface area contributed by atoms with Gasteiger partial charge in [0.1, 0.15) is 18.2 Å². The van der Waals surface area contributed by atoms with Crippen LogP contribution in [0.15, 0.2) is 53.4 Å². The van der Waals surface area contributed by atoms with Gasteiger partial charge in [0, 0.05) is 28.1 Å². The number of carbonyl (C=O) groups excluding carboxylic acids is 1. The first-order valence-electron chi connectivity index (χ1n) is 11.7. The van der Waals surface area contributed by atoms with E-state index in [2.05, 4.69) is 32.0 Å². The van der Waals surface area contributed by atoms with Crippen molar-refractivity contribution in [1.29, 1.82) is 0 Å². The fourth-order valence-corrected chi connectivity index (χ4v) is 4.99. The lowest BCUT2D eigenvalue weighted by Gasteiger charge is -2.22. The van der Waals surface area contributed by atoms with Gasteiger partial charge >= 0.3 is 6.18 Å². The number of hydrogen-bond acceptors (Lipinski definition) is 3. The van der Waals surface area contributed by atoms with Crippen LogP contribution in [-0.4, -0.2) is 35.9 Å². The molecular weight excluding hydrogens is 490 g/mol. The van der Waals surface area contributed by atoms with E-state index in [4.69, 9.17) is 4.74 Å². The Balaban J connectivity index is 1.61. The van der Waals surface area contributed by atoms with Gasteiger partial charge in [-0.05, 0) is 66.8 Å². The highest BCUT2D eigenvalue weighted by Gasteiger charge is 2.29. The Labute approximate surface area is 212 Å². The van der Waals surface area contributed by atoms with Crippen molar-refractivity contribution >= 4 is 17.7 Å². The molecule has 0 fully saturated rings. The normalized spacial score (nSPS) is 13.7. The maximum atomic E-state index is 15.1. The highest BCUT2D eigenvalue weighted by Crippen LogP contribution is 2.34. The van der Waals surface area contributed by atoms with Crippen LogP contribution in [0.25, 0.3) is 11.1 Å². The maximum absolute atomic E-state index is 15.1. The predicted molar refractivity (Wildman–Crippen MR) is 134 cm³/mol. The number of halogens is 4. The third kappa shape index (κ3) is 5.69. The number of thioether (sulfide) groups is 1. The summed E-state index contributed by atoms with van der Waals surface area (Å²) in [7, 11) is 0. The van der Waals surface area contributed by atoms with Crippen LogP contribution in [0.4, 0.5) is 17.6 Å². The van der Waals surface area contributed by atoms with E-state index in [0.29, 0.717) is 24.1 Å². The van der Waals surface area contributed by atoms with Gasteiger partial charge in [-0.15, -0.1) is 11.8 Å². The van der Waals surface area contributed by atoms with Crippen molar-refractivity contribution in [3.05, 3.63) is 82.2 Å². The second-order valence-electron chi connectivity index (χ2n) is 8.86. The highest BCUT2D eigenvalue weighted by atomic mass is 32.2. The molecule has 0 unspecified atom stereocenters. The Bertz CT molecular complexity index is 1290. The second kappa shape index (κ2) is 10.5. The van der Waals surface area contributed by atoms with Crippen LogP contribution in [0.2, 0.25) is 0 Å². The Morgan fingerprint density at radius 1 is 1.03 bits per heavy atom. The number of fused-ring (bicyclic) bond motifs is 1. The zero-order valence-corrected chi connectivity index (χ0v) is 21.2. The van der Waals surface area contributed by atoms with Crippen molar-refractivity contribution in [3.63, 3.8) is 0 Å². The molecule has 1 heterocycles. The van der Waals surface area contributed by atoms with Gasteiger partial charge in [-0.1, -0.05) is 31.2 Å². The lowest BCUT2D eigenvalue weighted by atomic mass is 9.98. The number of nitrogens with zero attached hydrogens (tertiary/aromatic N) is 1. The van der Waals surface area contributed by atoms with E-state index in [1.165, 1.54) is 23.3 Å². The number of alkyl halides is 3. The van der Waals surface area contributed by atoms with E-state index < -0.39 is 17.7 Å². The first-order valence-corrected chi connectivity index (χ1v) is 12.7. The molecule has 0 atom stereocenters. The van der Waals surface area contributed by atoms with Crippen molar-refractivity contribution in [2.75, 3.05) is 18.9 Å². The summed E-state index contributed by atoms with van der Waals surface area (Å²) in [6.45, 7) is 6.67. The molecule has 1 amide bonds. The van der Waals surface area contributed by atoms with E-state index in [0.717, 1.165) is 16.7 Å². The summed E-state index contributed by atoms with van der Waals surface area (Å²) in [5, 5.41) is 0. The second-order valence-corrected chi connectivity index (χ2v) is 9.88. The minimum Gasteiger partial charge on any atom is -0.491 e. The first kappa shape index (κ1) is 26.1. The predicted octanol–water partition coefficient (Wildman–Crippen LogP) is 7.36. The molecule has 0 aliphatic carbocycles. The number of benzene rings is 3. The van der Waals surface area contributed by atoms with E-state index in [1.807, 2.05) is 18.2 Å². The molecule has 1 aliphatic heterocycles. The van der Waals surface area contributed by atoms with Crippen molar-refractivity contribution in [3.8, 4) is 16.9 Å². The topological polar surface area (TPSA) is 29.5 Å². The zero-order chi connectivity index (χ0) is 26.0. The van der Waals surface area contributed by atoms with Gasteiger partial charge < -0.3 is 9.64 Å². The minimum absolute atomic E-state index is 0.108. The number of amides is 1. The summed E-state index contributed by atoms with van der Waals surface area (Å²) in [5.74, 6) is -1.63. The molecule has 0 aromatic heterocycles. The SMILES string of the molecule is CCc1c(C(=O)N2CCOc3ccc(-c4ccc(C)c(C)c4)cc3C2)ccc(SCC(F)(F)F)c1F. The first-order chi connectivity index (χ1) is 17.1. The molecule has 0 bridgehead atoms.